The monoisotopic (exact) mass is 245 g/mol. The van der Waals surface area contributed by atoms with Crippen LogP contribution in [0.4, 0.5) is 5.69 Å². The summed E-state index contributed by atoms with van der Waals surface area (Å²) in [7, 11) is 2.09. The van der Waals surface area contributed by atoms with Gasteiger partial charge in [-0.2, -0.15) is 0 Å². The summed E-state index contributed by atoms with van der Waals surface area (Å²) in [5.41, 5.74) is 2.52. The zero-order chi connectivity index (χ0) is 12.1. The maximum atomic E-state index is 5.98. The maximum absolute atomic E-state index is 5.98. The van der Waals surface area contributed by atoms with E-state index in [-0.39, 0.29) is 0 Å². The standard InChI is InChI=1S/C15H16ClN/c1-17(15-9-5-8-14(16)12-15)11-10-13-6-3-2-4-7-13/h2-9,12H,10-11H2,1H3. The third-order valence-electron chi connectivity index (χ3n) is 2.83. The Bertz CT molecular complexity index is 467. The normalized spacial score (nSPS) is 10.2. The average Bonchev–Trinajstić information content (AvgIpc) is 2.37. The molecule has 0 saturated carbocycles. The molecule has 0 spiro atoms. The summed E-state index contributed by atoms with van der Waals surface area (Å²) in [6, 6.07) is 18.5. The Morgan fingerprint density at radius 3 is 2.47 bits per heavy atom. The van der Waals surface area contributed by atoms with Crippen LogP contribution in [0.3, 0.4) is 0 Å². The van der Waals surface area contributed by atoms with Gasteiger partial charge in [-0.15, -0.1) is 0 Å². The van der Waals surface area contributed by atoms with Gasteiger partial charge in [-0.3, -0.25) is 0 Å². The number of rotatable bonds is 4. The summed E-state index contributed by atoms with van der Waals surface area (Å²) in [4.78, 5) is 2.22. The molecule has 0 unspecified atom stereocenters. The summed E-state index contributed by atoms with van der Waals surface area (Å²) in [5.74, 6) is 0. The van der Waals surface area contributed by atoms with Crippen molar-refractivity contribution in [2.45, 2.75) is 6.42 Å². The highest BCUT2D eigenvalue weighted by Crippen LogP contribution is 2.18. The predicted octanol–water partition coefficient (Wildman–Crippen LogP) is 4.02. The Balaban J connectivity index is 1.96. The lowest BCUT2D eigenvalue weighted by Crippen LogP contribution is -2.20. The van der Waals surface area contributed by atoms with E-state index in [1.165, 1.54) is 5.56 Å². The van der Waals surface area contributed by atoms with Crippen molar-refractivity contribution in [2.24, 2.45) is 0 Å². The molecule has 2 rings (SSSR count). The smallest absolute Gasteiger partial charge is 0.0426 e. The van der Waals surface area contributed by atoms with Gasteiger partial charge in [-0.05, 0) is 30.2 Å². The largest absolute Gasteiger partial charge is 0.374 e. The molecule has 0 aromatic heterocycles. The molecule has 0 radical (unpaired) electrons. The summed E-state index contributed by atoms with van der Waals surface area (Å²) >= 11 is 5.98. The van der Waals surface area contributed by atoms with E-state index in [0.29, 0.717) is 0 Å². The van der Waals surface area contributed by atoms with Gasteiger partial charge in [0.2, 0.25) is 0 Å². The SMILES string of the molecule is CN(CCc1ccccc1)c1cccc(Cl)c1. The second-order valence-electron chi connectivity index (χ2n) is 4.14. The highest BCUT2D eigenvalue weighted by Gasteiger charge is 2.01. The van der Waals surface area contributed by atoms with Crippen molar-refractivity contribution in [3.05, 3.63) is 65.2 Å². The maximum Gasteiger partial charge on any atom is 0.0426 e. The molecule has 2 heteroatoms. The Morgan fingerprint density at radius 2 is 1.76 bits per heavy atom. The summed E-state index contributed by atoms with van der Waals surface area (Å²) < 4.78 is 0. The van der Waals surface area contributed by atoms with E-state index in [2.05, 4.69) is 42.3 Å². The first kappa shape index (κ1) is 12.0. The fraction of sp³-hybridized carbons (Fsp3) is 0.200. The van der Waals surface area contributed by atoms with Gasteiger partial charge in [0, 0.05) is 24.3 Å². The molecule has 0 aliphatic carbocycles. The molecule has 0 amide bonds. The lowest BCUT2D eigenvalue weighted by Gasteiger charge is -2.19. The molecule has 0 aliphatic heterocycles. The van der Waals surface area contributed by atoms with Crippen molar-refractivity contribution in [3.8, 4) is 0 Å². The molecule has 17 heavy (non-hydrogen) atoms. The van der Waals surface area contributed by atoms with Crippen LogP contribution in [0.5, 0.6) is 0 Å². The number of hydrogen-bond acceptors (Lipinski definition) is 1. The average molecular weight is 246 g/mol. The van der Waals surface area contributed by atoms with Gasteiger partial charge in [-0.25, -0.2) is 0 Å². The Morgan fingerprint density at radius 1 is 1.00 bits per heavy atom. The third kappa shape index (κ3) is 3.50. The second kappa shape index (κ2) is 5.74. The van der Waals surface area contributed by atoms with E-state index >= 15 is 0 Å². The Hall–Kier alpha value is -1.47. The fourth-order valence-corrected chi connectivity index (χ4v) is 1.97. The number of benzene rings is 2. The summed E-state index contributed by atoms with van der Waals surface area (Å²) in [6.45, 7) is 0.990. The van der Waals surface area contributed by atoms with Crippen LogP contribution in [0.15, 0.2) is 54.6 Å². The molecular weight excluding hydrogens is 230 g/mol. The van der Waals surface area contributed by atoms with E-state index in [1.807, 2.05) is 24.3 Å². The van der Waals surface area contributed by atoms with E-state index in [9.17, 15) is 0 Å². The Kier molecular flexibility index (Phi) is 4.05. The molecule has 2 aromatic rings. The molecule has 0 heterocycles. The minimum Gasteiger partial charge on any atom is -0.374 e. The first-order valence-corrected chi connectivity index (χ1v) is 6.14. The number of likely N-dealkylation sites (N-methyl/N-ethyl adjacent to an activating group) is 1. The van der Waals surface area contributed by atoms with Gasteiger partial charge in [0.05, 0.1) is 0 Å². The zero-order valence-electron chi connectivity index (χ0n) is 9.94. The van der Waals surface area contributed by atoms with E-state index in [1.54, 1.807) is 0 Å². The minimum absolute atomic E-state index is 0.786. The van der Waals surface area contributed by atoms with Crippen LogP contribution >= 0.6 is 11.6 Å². The van der Waals surface area contributed by atoms with E-state index in [0.717, 1.165) is 23.7 Å². The highest BCUT2D eigenvalue weighted by atomic mass is 35.5. The highest BCUT2D eigenvalue weighted by molar-refractivity contribution is 6.30. The van der Waals surface area contributed by atoms with Crippen LogP contribution in [0.1, 0.15) is 5.56 Å². The molecule has 0 bridgehead atoms. The van der Waals surface area contributed by atoms with Gasteiger partial charge in [0.15, 0.2) is 0 Å². The first-order chi connectivity index (χ1) is 8.25. The van der Waals surface area contributed by atoms with Gasteiger partial charge >= 0.3 is 0 Å². The molecular formula is C15H16ClN. The van der Waals surface area contributed by atoms with Crippen LogP contribution in [-0.2, 0) is 6.42 Å². The van der Waals surface area contributed by atoms with Gasteiger partial charge in [0.1, 0.15) is 0 Å². The van der Waals surface area contributed by atoms with Crippen molar-refractivity contribution in [1.82, 2.24) is 0 Å². The molecule has 0 aliphatic rings. The molecule has 0 fully saturated rings. The Labute approximate surface area is 108 Å². The van der Waals surface area contributed by atoms with Crippen LogP contribution < -0.4 is 4.90 Å². The topological polar surface area (TPSA) is 3.24 Å². The number of anilines is 1. The predicted molar refractivity (Wildman–Crippen MR) is 74.9 cm³/mol. The molecule has 0 saturated heterocycles. The quantitative estimate of drug-likeness (QED) is 0.787. The number of nitrogens with zero attached hydrogens (tertiary/aromatic N) is 1. The number of halogens is 1. The van der Waals surface area contributed by atoms with Crippen LogP contribution in [0.25, 0.3) is 0 Å². The summed E-state index contributed by atoms with van der Waals surface area (Å²) in [5, 5.41) is 0.786. The van der Waals surface area contributed by atoms with E-state index < -0.39 is 0 Å². The molecule has 2 aromatic carbocycles. The summed E-state index contributed by atoms with van der Waals surface area (Å²) in [6.07, 6.45) is 1.05. The molecule has 1 nitrogen and oxygen atoms in total. The zero-order valence-corrected chi connectivity index (χ0v) is 10.7. The molecule has 88 valence electrons. The van der Waals surface area contributed by atoms with Crippen molar-refractivity contribution in [1.29, 1.82) is 0 Å². The van der Waals surface area contributed by atoms with E-state index in [4.69, 9.17) is 11.6 Å². The van der Waals surface area contributed by atoms with Crippen molar-refractivity contribution in [3.63, 3.8) is 0 Å². The van der Waals surface area contributed by atoms with Gasteiger partial charge in [0.25, 0.3) is 0 Å². The minimum atomic E-state index is 0.786. The number of hydrogen-bond donors (Lipinski definition) is 0. The third-order valence-corrected chi connectivity index (χ3v) is 3.06. The lowest BCUT2D eigenvalue weighted by molar-refractivity contribution is 0.877. The van der Waals surface area contributed by atoms with Crippen molar-refractivity contribution in [2.75, 3.05) is 18.5 Å². The van der Waals surface area contributed by atoms with Crippen LogP contribution in [0, 0.1) is 0 Å². The molecule has 0 atom stereocenters. The van der Waals surface area contributed by atoms with Crippen molar-refractivity contribution < 1.29 is 0 Å². The second-order valence-corrected chi connectivity index (χ2v) is 4.57. The van der Waals surface area contributed by atoms with Gasteiger partial charge in [-0.1, -0.05) is 48.0 Å². The van der Waals surface area contributed by atoms with Crippen LogP contribution in [-0.4, -0.2) is 13.6 Å². The first-order valence-electron chi connectivity index (χ1n) is 5.76. The van der Waals surface area contributed by atoms with Crippen molar-refractivity contribution >= 4 is 17.3 Å². The fourth-order valence-electron chi connectivity index (χ4n) is 1.78. The van der Waals surface area contributed by atoms with Crippen LogP contribution in [0.2, 0.25) is 5.02 Å². The van der Waals surface area contributed by atoms with Gasteiger partial charge < -0.3 is 4.90 Å². The lowest BCUT2D eigenvalue weighted by atomic mass is 10.1. The molecule has 0 N–H and O–H groups in total.